The zero-order chi connectivity index (χ0) is 59.6. The van der Waals surface area contributed by atoms with E-state index in [0.29, 0.717) is 35.6 Å². The number of oxime groups is 1. The van der Waals surface area contributed by atoms with Crippen LogP contribution in [0.25, 0.3) is 0 Å². The summed E-state index contributed by atoms with van der Waals surface area (Å²) in [6.45, 7) is 24.5. The summed E-state index contributed by atoms with van der Waals surface area (Å²) < 4.78 is 22.3. The van der Waals surface area contributed by atoms with Crippen LogP contribution in [0.5, 0.6) is 0 Å². The molecule has 0 amide bonds. The normalized spacial score (nSPS) is 11.3. The van der Waals surface area contributed by atoms with E-state index < -0.39 is 22.8 Å². The van der Waals surface area contributed by atoms with E-state index in [4.69, 9.17) is 24.3 Å². The summed E-state index contributed by atoms with van der Waals surface area (Å²) in [6, 6.07) is 7.06. The number of ketones is 2. The molecule has 19 nitrogen and oxygen atoms in total. The van der Waals surface area contributed by atoms with E-state index >= 15 is 0 Å². The number of carbonyl (C=O) groups is 7. The van der Waals surface area contributed by atoms with Crippen molar-refractivity contribution >= 4 is 146 Å². The molecule has 0 aromatic carbocycles. The van der Waals surface area contributed by atoms with E-state index in [-0.39, 0.29) is 61.5 Å². The van der Waals surface area contributed by atoms with Crippen molar-refractivity contribution in [3.05, 3.63) is 112 Å². The van der Waals surface area contributed by atoms with E-state index in [1.165, 1.54) is 19.3 Å². The van der Waals surface area contributed by atoms with Crippen molar-refractivity contribution in [2.75, 3.05) is 31.4 Å². The van der Waals surface area contributed by atoms with Gasteiger partial charge in [-0.25, -0.2) is 15.5 Å². The van der Waals surface area contributed by atoms with Gasteiger partial charge in [0, 0.05) is 66.3 Å². The number of carbonyl (C=O) groups excluding carboxylic acids is 7. The van der Waals surface area contributed by atoms with Crippen molar-refractivity contribution in [2.45, 2.75) is 122 Å². The van der Waals surface area contributed by atoms with Crippen LogP contribution in [-0.2, 0) is 68.6 Å². The molecule has 1 aliphatic heterocycles. The van der Waals surface area contributed by atoms with Gasteiger partial charge in [0.1, 0.15) is 23.0 Å². The van der Waals surface area contributed by atoms with Gasteiger partial charge in [-0.2, -0.15) is 0 Å². The van der Waals surface area contributed by atoms with E-state index in [0.717, 1.165) is 71.9 Å². The van der Waals surface area contributed by atoms with Crippen molar-refractivity contribution in [2.24, 2.45) is 21.9 Å². The quantitative estimate of drug-likeness (QED) is 0.0154. The predicted octanol–water partition coefficient (Wildman–Crippen LogP) is 12.4. The van der Waals surface area contributed by atoms with Crippen LogP contribution in [0, 0.1) is 10.8 Å². The average Bonchev–Trinajstić information content (AvgIpc) is 3.68. The standard InChI is InChI=1S/C14H18BrNO3.C12H13BrN2O2.C12H14BrNO3.C10H12BrNO2.C4H8O2.CH3I.ClH.H3NO/c1-5-11-10(15)7-9(8-16-11)12(17)14(3,4)13(18)19-6-2;1-4-9-8(13)5-7(6-14-9)10-12(2,3)11(16)17-15-10;1-3-10-9(13)5-8(7-14-10)11(15)6-12(16)17-4-2;1-3-9-8(11)5-7(6-12-9)10(13)14-4-2;1-3-6-4(2)5;1-2;;1-2/h7-8H,5-6H2,1-4H3;5-6H,4H2,1-3H3;5,7H,3-4,6H2,1-2H3;5-6H,3-4H2,1-2H3;3H2,1-2H3;1H3;1H;2H,1H2. The van der Waals surface area contributed by atoms with Gasteiger partial charge in [-0.05, 0) is 174 Å². The summed E-state index contributed by atoms with van der Waals surface area (Å²) in [4.78, 5) is 103. The van der Waals surface area contributed by atoms with Crippen LogP contribution in [-0.4, -0.2) is 104 Å². The van der Waals surface area contributed by atoms with Crippen molar-refractivity contribution in [3.8, 4) is 0 Å². The Bertz CT molecular complexity index is 2610. The van der Waals surface area contributed by atoms with Gasteiger partial charge in [0.05, 0.1) is 54.8 Å². The molecule has 4 aromatic heterocycles. The smallest absolute Gasteiger partial charge is 0.346 e. The highest BCUT2D eigenvalue weighted by molar-refractivity contribution is 14.1. The Labute approximate surface area is 511 Å². The van der Waals surface area contributed by atoms with Gasteiger partial charge < -0.3 is 29.0 Å². The number of esters is 4. The molecule has 0 fully saturated rings. The molecule has 0 aliphatic carbocycles. The lowest BCUT2D eigenvalue weighted by Crippen LogP contribution is -2.35. The summed E-state index contributed by atoms with van der Waals surface area (Å²) in [7, 11) is 0. The number of halogens is 6. The first-order valence-corrected chi connectivity index (χ1v) is 29.4. The number of Topliss-reactive ketones (excluding diaryl/α,β-unsaturated/α-hetero) is 2. The van der Waals surface area contributed by atoms with Crippen LogP contribution >= 0.6 is 98.7 Å². The Kier molecular flexibility index (Phi) is 41.8. The maximum Gasteiger partial charge on any atom is 0.346 e. The molecule has 434 valence electrons. The van der Waals surface area contributed by atoms with E-state index in [1.54, 1.807) is 86.0 Å². The third-order valence-corrected chi connectivity index (χ3v) is 12.8. The fraction of sp³-hybridized carbons (Fsp3) is 0.472. The fourth-order valence-electron chi connectivity index (χ4n) is 5.88. The topological polar surface area (TPSA) is 276 Å². The van der Waals surface area contributed by atoms with Crippen molar-refractivity contribution in [1.29, 1.82) is 0 Å². The highest BCUT2D eigenvalue weighted by Crippen LogP contribution is 2.31. The van der Waals surface area contributed by atoms with Gasteiger partial charge in [-0.3, -0.25) is 43.9 Å². The summed E-state index contributed by atoms with van der Waals surface area (Å²) in [5.41, 5.74) is 4.52. The minimum Gasteiger partial charge on any atom is -0.466 e. The van der Waals surface area contributed by atoms with E-state index in [9.17, 15) is 33.6 Å². The lowest BCUT2D eigenvalue weighted by atomic mass is 9.85. The Hall–Kier alpha value is -4.18. The van der Waals surface area contributed by atoms with Crippen molar-refractivity contribution < 1.29 is 62.6 Å². The predicted molar refractivity (Wildman–Crippen MR) is 323 cm³/mol. The summed E-state index contributed by atoms with van der Waals surface area (Å²) >= 11 is 15.7. The number of aryl methyl sites for hydroxylation is 4. The highest BCUT2D eigenvalue weighted by atomic mass is 127. The van der Waals surface area contributed by atoms with Crippen LogP contribution in [0.2, 0.25) is 0 Å². The maximum atomic E-state index is 12.4. The Balaban J connectivity index is -0.000000908. The molecule has 0 saturated heterocycles. The second-order valence-corrected chi connectivity index (χ2v) is 19.6. The van der Waals surface area contributed by atoms with Crippen LogP contribution in [0.3, 0.4) is 0 Å². The number of hydrogen-bond donors (Lipinski definition) is 2. The minimum absolute atomic E-state index is 0. The number of nitrogens with zero attached hydrogens (tertiary/aromatic N) is 5. The van der Waals surface area contributed by atoms with Gasteiger partial charge in [-0.15, -0.1) is 12.4 Å². The van der Waals surface area contributed by atoms with Crippen molar-refractivity contribution in [3.63, 3.8) is 0 Å². The molecule has 0 saturated carbocycles. The number of pyridine rings is 4. The lowest BCUT2D eigenvalue weighted by Gasteiger charge is -2.20. The Morgan fingerprint density at radius 2 is 1.00 bits per heavy atom. The molecule has 4 aromatic rings. The first kappa shape index (κ1) is 78.0. The molecular weight excluding hydrogens is 1410 g/mol. The zero-order valence-corrected chi connectivity index (χ0v) is 55.8. The highest BCUT2D eigenvalue weighted by Gasteiger charge is 2.42. The van der Waals surface area contributed by atoms with E-state index in [1.807, 2.05) is 38.7 Å². The number of hydrogen-bond acceptors (Lipinski definition) is 19. The molecule has 0 spiro atoms. The molecule has 25 heteroatoms. The average molecular weight is 1480 g/mol. The molecule has 0 unspecified atom stereocenters. The third-order valence-electron chi connectivity index (χ3n) is 10.0. The largest absolute Gasteiger partial charge is 0.466 e. The van der Waals surface area contributed by atoms with Crippen LogP contribution < -0.4 is 5.90 Å². The number of aromatic nitrogens is 4. The van der Waals surface area contributed by atoms with Crippen LogP contribution in [0.4, 0.5) is 0 Å². The first-order valence-electron chi connectivity index (χ1n) is 24.1. The number of alkyl halides is 1. The Morgan fingerprint density at radius 1 is 0.615 bits per heavy atom. The van der Waals surface area contributed by atoms with Crippen molar-refractivity contribution in [1.82, 2.24) is 19.9 Å². The van der Waals surface area contributed by atoms with Gasteiger partial charge in [-0.1, -0.05) is 55.4 Å². The van der Waals surface area contributed by atoms with Crippen LogP contribution in [0.15, 0.2) is 72.1 Å². The molecule has 0 bridgehead atoms. The van der Waals surface area contributed by atoms with Gasteiger partial charge >= 0.3 is 29.8 Å². The number of ether oxygens (including phenoxy) is 4. The third kappa shape index (κ3) is 26.4. The van der Waals surface area contributed by atoms with Gasteiger partial charge in [0.15, 0.2) is 11.6 Å². The zero-order valence-electron chi connectivity index (χ0n) is 46.4. The molecule has 0 atom stereocenters. The first-order chi connectivity index (χ1) is 36.3. The number of nitrogens with two attached hydrogens (primary N) is 1. The summed E-state index contributed by atoms with van der Waals surface area (Å²) in [6.07, 6.45) is 9.28. The number of rotatable bonds is 16. The summed E-state index contributed by atoms with van der Waals surface area (Å²) in [5.74, 6) is 1.04. The molecular formula is C53H72Br4ClIN6O13. The molecule has 0 radical (unpaired) electrons. The Morgan fingerprint density at radius 3 is 1.36 bits per heavy atom. The van der Waals surface area contributed by atoms with Crippen LogP contribution in [0.1, 0.15) is 156 Å². The summed E-state index contributed by atoms with van der Waals surface area (Å²) in [5, 5.41) is 10.3. The molecule has 78 heavy (non-hydrogen) atoms. The molecule has 1 aliphatic rings. The van der Waals surface area contributed by atoms with Gasteiger partial charge in [0.2, 0.25) is 0 Å². The van der Waals surface area contributed by atoms with Gasteiger partial charge in [0.25, 0.3) is 0 Å². The fourth-order valence-corrected chi connectivity index (χ4v) is 8.39. The molecule has 5 heterocycles. The lowest BCUT2D eigenvalue weighted by molar-refractivity contribution is -0.150. The SMILES string of the molecule is CCOC(=O)C(C)(C)C(=O)c1cnc(CC)c(Br)c1.CCOC(=O)CC(=O)c1cnc(CC)c(Br)c1.CCOC(=O)c1cnc(CC)c(Br)c1.CCOC(C)=O.CCc1ncc(C2=NOC(=O)C2(C)C)cc1Br.CI.Cl.NO. The second kappa shape index (κ2) is 41.8. The monoisotopic (exact) mass is 1480 g/mol. The molecule has 5 rings (SSSR count). The molecule has 3 N–H and O–H groups in total. The second-order valence-electron chi connectivity index (χ2n) is 16.2. The van der Waals surface area contributed by atoms with E-state index in [2.05, 4.69) is 122 Å². The maximum absolute atomic E-state index is 12.4. The minimum atomic E-state index is -1.20.